The second kappa shape index (κ2) is 6.06. The summed E-state index contributed by atoms with van der Waals surface area (Å²) >= 11 is 6.11. The molecule has 0 unspecified atom stereocenters. The van der Waals surface area contributed by atoms with Crippen molar-refractivity contribution in [3.05, 3.63) is 34.9 Å². The van der Waals surface area contributed by atoms with Crippen molar-refractivity contribution < 1.29 is 9.59 Å². The number of carbonyl (C=O) groups excluding carboxylic acids is 2. The smallest absolute Gasteiger partial charge is 0.223 e. The van der Waals surface area contributed by atoms with E-state index in [1.54, 1.807) is 0 Å². The largest absolute Gasteiger partial charge is 0.370 e. The topological polar surface area (TPSA) is 72.2 Å². The van der Waals surface area contributed by atoms with Crippen LogP contribution in [0.2, 0.25) is 5.02 Å². The molecule has 3 N–H and O–H groups in total. The summed E-state index contributed by atoms with van der Waals surface area (Å²) in [5, 5.41) is 3.55. The van der Waals surface area contributed by atoms with Gasteiger partial charge in [0, 0.05) is 23.9 Å². The maximum absolute atomic E-state index is 11.9. The van der Waals surface area contributed by atoms with Gasteiger partial charge in [-0.1, -0.05) is 29.8 Å². The summed E-state index contributed by atoms with van der Waals surface area (Å²) < 4.78 is 0. The molecular weight excluding hydrogens is 264 g/mol. The van der Waals surface area contributed by atoms with E-state index in [1.165, 1.54) is 0 Å². The van der Waals surface area contributed by atoms with Crippen molar-refractivity contribution in [3.63, 3.8) is 0 Å². The lowest BCUT2D eigenvalue weighted by molar-refractivity contribution is -0.123. The summed E-state index contributed by atoms with van der Waals surface area (Å²) in [6.45, 7) is 0.494. The van der Waals surface area contributed by atoms with Crippen LogP contribution in [-0.4, -0.2) is 18.4 Å². The van der Waals surface area contributed by atoms with E-state index in [0.717, 1.165) is 17.0 Å². The summed E-state index contributed by atoms with van der Waals surface area (Å²) in [4.78, 5) is 22.4. The van der Waals surface area contributed by atoms with Crippen LogP contribution in [0.25, 0.3) is 0 Å². The summed E-state index contributed by atoms with van der Waals surface area (Å²) in [5.41, 5.74) is 6.07. The average Bonchev–Trinajstić information content (AvgIpc) is 3.15. The Morgan fingerprint density at radius 3 is 2.79 bits per heavy atom. The monoisotopic (exact) mass is 280 g/mol. The Kier molecular flexibility index (Phi) is 4.43. The molecule has 1 aromatic rings. The Morgan fingerprint density at radius 2 is 2.11 bits per heavy atom. The third kappa shape index (κ3) is 3.70. The fraction of sp³-hybridized carbons (Fsp3) is 0.429. The molecule has 0 spiro atoms. The van der Waals surface area contributed by atoms with E-state index < -0.39 is 0 Å². The first-order chi connectivity index (χ1) is 9.09. The van der Waals surface area contributed by atoms with Crippen LogP contribution < -0.4 is 11.1 Å². The number of benzene rings is 1. The van der Waals surface area contributed by atoms with Gasteiger partial charge >= 0.3 is 0 Å². The molecular formula is C14H17ClN2O2. The van der Waals surface area contributed by atoms with Gasteiger partial charge in [-0.25, -0.2) is 0 Å². The predicted octanol–water partition coefficient (Wildman–Crippen LogP) is 1.83. The Labute approximate surface area is 117 Å². The number of rotatable bonds is 6. The first-order valence-corrected chi connectivity index (χ1v) is 6.78. The molecule has 0 saturated heterocycles. The van der Waals surface area contributed by atoms with Crippen LogP contribution in [0.5, 0.6) is 0 Å². The van der Waals surface area contributed by atoms with E-state index >= 15 is 0 Å². The average molecular weight is 281 g/mol. The van der Waals surface area contributed by atoms with E-state index in [-0.39, 0.29) is 23.7 Å². The molecule has 1 fully saturated rings. The normalized spacial score (nSPS) is 20.9. The van der Waals surface area contributed by atoms with Gasteiger partial charge in [0.1, 0.15) is 0 Å². The fourth-order valence-corrected chi connectivity index (χ4v) is 2.49. The van der Waals surface area contributed by atoms with Crippen LogP contribution in [0.3, 0.4) is 0 Å². The minimum absolute atomic E-state index is 0.00785. The van der Waals surface area contributed by atoms with Crippen molar-refractivity contribution >= 4 is 23.4 Å². The third-order valence-electron chi connectivity index (χ3n) is 3.33. The van der Waals surface area contributed by atoms with Crippen molar-refractivity contribution in [2.75, 3.05) is 6.54 Å². The Bertz CT molecular complexity index is 490. The van der Waals surface area contributed by atoms with E-state index in [9.17, 15) is 9.59 Å². The first kappa shape index (κ1) is 13.9. The minimum atomic E-state index is -0.338. The van der Waals surface area contributed by atoms with Crippen LogP contribution in [0.1, 0.15) is 30.7 Å². The Balaban J connectivity index is 1.78. The number of hydrogen-bond donors (Lipinski definition) is 2. The highest BCUT2D eigenvalue weighted by Gasteiger charge is 2.44. The molecule has 19 heavy (non-hydrogen) atoms. The highest BCUT2D eigenvalue weighted by Crippen LogP contribution is 2.49. The van der Waals surface area contributed by atoms with Crippen molar-refractivity contribution in [2.45, 2.75) is 25.2 Å². The molecule has 2 amide bonds. The fourth-order valence-electron chi connectivity index (χ4n) is 2.21. The van der Waals surface area contributed by atoms with Gasteiger partial charge in [0.25, 0.3) is 0 Å². The van der Waals surface area contributed by atoms with Gasteiger partial charge in [0.05, 0.1) is 0 Å². The first-order valence-electron chi connectivity index (χ1n) is 6.40. The van der Waals surface area contributed by atoms with E-state index in [2.05, 4.69) is 5.32 Å². The highest BCUT2D eigenvalue weighted by molar-refractivity contribution is 6.31. The third-order valence-corrected chi connectivity index (χ3v) is 3.68. The maximum Gasteiger partial charge on any atom is 0.223 e. The van der Waals surface area contributed by atoms with Crippen molar-refractivity contribution in [1.29, 1.82) is 0 Å². The second-order valence-corrected chi connectivity index (χ2v) is 5.24. The number of nitrogens with one attached hydrogen (secondary N) is 1. The molecule has 0 aliphatic heterocycles. The van der Waals surface area contributed by atoms with Crippen LogP contribution >= 0.6 is 11.6 Å². The van der Waals surface area contributed by atoms with Gasteiger partial charge in [0.2, 0.25) is 11.8 Å². The zero-order chi connectivity index (χ0) is 13.8. The zero-order valence-corrected chi connectivity index (χ0v) is 11.3. The van der Waals surface area contributed by atoms with Crippen LogP contribution in [-0.2, 0) is 9.59 Å². The van der Waals surface area contributed by atoms with E-state index in [1.807, 2.05) is 24.3 Å². The minimum Gasteiger partial charge on any atom is -0.370 e. The van der Waals surface area contributed by atoms with Crippen LogP contribution in [0.15, 0.2) is 24.3 Å². The standard InChI is InChI=1S/C14H17ClN2O2/c15-12-5-2-1-4-9(12)10-8-11(10)14(19)17-7-3-6-13(16)18/h1-2,4-5,10-11H,3,6-8H2,(H2,16,18)(H,17,19)/t10-,11+/m1/s1. The molecule has 1 aromatic carbocycles. The maximum atomic E-state index is 11.9. The molecule has 0 radical (unpaired) electrons. The number of hydrogen-bond acceptors (Lipinski definition) is 2. The Morgan fingerprint density at radius 1 is 1.37 bits per heavy atom. The molecule has 2 atom stereocenters. The second-order valence-electron chi connectivity index (χ2n) is 4.83. The van der Waals surface area contributed by atoms with Crippen molar-refractivity contribution in [2.24, 2.45) is 11.7 Å². The van der Waals surface area contributed by atoms with Crippen molar-refractivity contribution in [1.82, 2.24) is 5.32 Å². The highest BCUT2D eigenvalue weighted by atomic mass is 35.5. The quantitative estimate of drug-likeness (QED) is 0.780. The summed E-state index contributed by atoms with van der Waals surface area (Å²) in [7, 11) is 0. The van der Waals surface area contributed by atoms with Crippen LogP contribution in [0, 0.1) is 5.92 Å². The van der Waals surface area contributed by atoms with E-state index in [4.69, 9.17) is 17.3 Å². The lowest BCUT2D eigenvalue weighted by Gasteiger charge is -2.05. The Hall–Kier alpha value is -1.55. The molecule has 1 saturated carbocycles. The SMILES string of the molecule is NC(=O)CCCNC(=O)[C@H]1C[C@@H]1c1ccccc1Cl. The van der Waals surface area contributed by atoms with E-state index in [0.29, 0.717) is 19.4 Å². The molecule has 1 aliphatic carbocycles. The molecule has 0 aromatic heterocycles. The summed E-state index contributed by atoms with van der Waals surface area (Å²) in [6.07, 6.45) is 1.73. The molecule has 4 nitrogen and oxygen atoms in total. The molecule has 0 heterocycles. The van der Waals surface area contributed by atoms with Gasteiger partial charge in [-0.2, -0.15) is 0 Å². The lowest BCUT2D eigenvalue weighted by Crippen LogP contribution is -2.27. The van der Waals surface area contributed by atoms with Crippen LogP contribution in [0.4, 0.5) is 0 Å². The number of halogens is 1. The van der Waals surface area contributed by atoms with Crippen molar-refractivity contribution in [3.8, 4) is 0 Å². The molecule has 1 aliphatic rings. The van der Waals surface area contributed by atoms with Gasteiger partial charge in [-0.3, -0.25) is 9.59 Å². The summed E-state index contributed by atoms with van der Waals surface area (Å²) in [5.74, 6) is -0.0673. The molecule has 5 heteroatoms. The number of amides is 2. The summed E-state index contributed by atoms with van der Waals surface area (Å²) in [6, 6.07) is 7.62. The molecule has 0 bridgehead atoms. The lowest BCUT2D eigenvalue weighted by atomic mass is 10.1. The van der Waals surface area contributed by atoms with Gasteiger partial charge in [0.15, 0.2) is 0 Å². The number of nitrogens with two attached hydrogens (primary N) is 1. The molecule has 2 rings (SSSR count). The number of carbonyl (C=O) groups is 2. The predicted molar refractivity (Wildman–Crippen MR) is 73.7 cm³/mol. The van der Waals surface area contributed by atoms with Gasteiger partial charge < -0.3 is 11.1 Å². The van der Waals surface area contributed by atoms with Gasteiger partial charge in [-0.15, -0.1) is 0 Å². The van der Waals surface area contributed by atoms with Gasteiger partial charge in [-0.05, 0) is 30.4 Å². The zero-order valence-electron chi connectivity index (χ0n) is 10.6. The number of primary amides is 1. The molecule has 102 valence electrons.